The number of hydrogen-bond donors (Lipinski definition) is 1. The van der Waals surface area contributed by atoms with Gasteiger partial charge in [-0.15, -0.1) is 0 Å². The molecule has 34 heavy (non-hydrogen) atoms. The van der Waals surface area contributed by atoms with E-state index in [2.05, 4.69) is 5.32 Å². The van der Waals surface area contributed by atoms with Crippen LogP contribution in [0.5, 0.6) is 0 Å². The molecule has 2 amide bonds. The number of benzene rings is 2. The summed E-state index contributed by atoms with van der Waals surface area (Å²) in [4.78, 5) is 28.4. The van der Waals surface area contributed by atoms with Crippen LogP contribution in [0.1, 0.15) is 62.0 Å². The zero-order valence-electron chi connectivity index (χ0n) is 19.1. The first-order valence-corrected chi connectivity index (χ1v) is 12.9. The Labute approximate surface area is 209 Å². The van der Waals surface area contributed by atoms with Crippen molar-refractivity contribution in [2.24, 2.45) is 5.41 Å². The zero-order chi connectivity index (χ0) is 23.9. The summed E-state index contributed by atoms with van der Waals surface area (Å²) in [6.07, 6.45) is 5.50. The molecule has 5 rings (SSSR count). The highest BCUT2D eigenvalue weighted by molar-refractivity contribution is 6.35. The van der Waals surface area contributed by atoms with Crippen molar-refractivity contribution in [3.8, 4) is 0 Å². The minimum atomic E-state index is -0.605. The number of amides is 2. The lowest BCUT2D eigenvalue weighted by Gasteiger charge is -2.50. The highest BCUT2D eigenvalue weighted by Gasteiger charge is 2.50. The summed E-state index contributed by atoms with van der Waals surface area (Å²) >= 11 is 12.7. The minimum Gasteiger partial charge on any atom is -0.355 e. The molecule has 180 valence electrons. The lowest BCUT2D eigenvalue weighted by molar-refractivity contribution is -0.141. The summed E-state index contributed by atoms with van der Waals surface area (Å²) in [6.45, 7) is 1.76. The van der Waals surface area contributed by atoms with Gasteiger partial charge in [0, 0.05) is 42.0 Å². The van der Waals surface area contributed by atoms with Crippen LogP contribution < -0.4 is 5.32 Å². The largest absolute Gasteiger partial charge is 0.355 e. The number of likely N-dealkylation sites (tertiary alicyclic amines) is 1. The molecule has 1 aliphatic carbocycles. The molecule has 3 aliphatic rings. The molecule has 2 heterocycles. The topological polar surface area (TPSA) is 49.4 Å². The van der Waals surface area contributed by atoms with Crippen LogP contribution >= 0.6 is 23.2 Å². The number of carbonyl (C=O) groups excluding carboxylic acids is 2. The molecule has 4 nitrogen and oxygen atoms in total. The summed E-state index contributed by atoms with van der Waals surface area (Å²) in [6, 6.07) is 12.1. The number of carbonyl (C=O) groups is 2. The molecule has 0 bridgehead atoms. The van der Waals surface area contributed by atoms with Crippen LogP contribution in [0.25, 0.3) is 0 Å². The summed E-state index contributed by atoms with van der Waals surface area (Å²) in [7, 11) is 0. The van der Waals surface area contributed by atoms with Gasteiger partial charge in [-0.2, -0.15) is 0 Å². The Morgan fingerprint density at radius 1 is 1.00 bits per heavy atom. The second-order valence-electron chi connectivity index (χ2n) is 10.2. The highest BCUT2D eigenvalue weighted by Crippen LogP contribution is 2.51. The first-order chi connectivity index (χ1) is 16.3. The Bertz CT molecular complexity index is 1090. The normalized spacial score (nSPS) is 23.7. The van der Waals surface area contributed by atoms with Gasteiger partial charge in [0.25, 0.3) is 0 Å². The number of hydrogen-bond acceptors (Lipinski definition) is 2. The lowest BCUT2D eigenvalue weighted by atomic mass is 9.62. The van der Waals surface area contributed by atoms with Gasteiger partial charge in [0.1, 0.15) is 5.82 Å². The van der Waals surface area contributed by atoms with E-state index >= 15 is 0 Å². The number of nitrogens with zero attached hydrogens (tertiary/aromatic N) is 1. The van der Waals surface area contributed by atoms with Crippen LogP contribution in [0.4, 0.5) is 4.39 Å². The van der Waals surface area contributed by atoms with Gasteiger partial charge in [-0.05, 0) is 66.5 Å². The molecule has 1 N–H and O–H groups in total. The van der Waals surface area contributed by atoms with E-state index in [1.807, 2.05) is 29.2 Å². The summed E-state index contributed by atoms with van der Waals surface area (Å²) < 4.78 is 13.5. The van der Waals surface area contributed by atoms with Crippen molar-refractivity contribution in [2.75, 3.05) is 19.6 Å². The Hall–Kier alpha value is -2.11. The van der Waals surface area contributed by atoms with Crippen molar-refractivity contribution >= 4 is 35.0 Å². The van der Waals surface area contributed by atoms with Gasteiger partial charge in [0.05, 0.1) is 5.41 Å². The van der Waals surface area contributed by atoms with Crippen molar-refractivity contribution in [1.29, 1.82) is 0 Å². The minimum absolute atomic E-state index is 0.0540. The Kier molecular flexibility index (Phi) is 6.36. The van der Waals surface area contributed by atoms with Crippen molar-refractivity contribution in [2.45, 2.75) is 56.3 Å². The van der Waals surface area contributed by atoms with Gasteiger partial charge < -0.3 is 10.2 Å². The quantitative estimate of drug-likeness (QED) is 0.571. The predicted molar refractivity (Wildman–Crippen MR) is 132 cm³/mol. The molecule has 2 aromatic rings. The standard InChI is InChI=1S/C27H29Cl2FN2O2/c28-19-5-8-21(23(29)15-19)27(9-1-2-10-27)25(34)32-13-11-26(12-14-32)16-24(33)31-17-22(26)18-3-6-20(30)7-4-18/h3-8,15,22H,1-2,9-14,16-17H2,(H,31,33). The molecule has 2 saturated heterocycles. The maximum absolute atomic E-state index is 14.0. The molecule has 0 aromatic heterocycles. The average Bonchev–Trinajstić information content (AvgIpc) is 3.31. The smallest absolute Gasteiger partial charge is 0.233 e. The van der Waals surface area contributed by atoms with Crippen molar-refractivity contribution < 1.29 is 14.0 Å². The van der Waals surface area contributed by atoms with Crippen molar-refractivity contribution in [3.05, 3.63) is 69.5 Å². The summed E-state index contributed by atoms with van der Waals surface area (Å²) in [5.41, 5.74) is 1.09. The SMILES string of the molecule is O=C1CC2(CCN(C(=O)C3(c4ccc(Cl)cc4Cl)CCCC3)CC2)C(c2ccc(F)cc2)CN1. The number of rotatable bonds is 3. The molecule has 1 atom stereocenters. The van der Waals surface area contributed by atoms with Crippen LogP contribution in [0, 0.1) is 11.2 Å². The molecule has 1 unspecified atom stereocenters. The van der Waals surface area contributed by atoms with E-state index in [1.165, 1.54) is 12.1 Å². The molecule has 2 aromatic carbocycles. The van der Waals surface area contributed by atoms with Crippen molar-refractivity contribution in [1.82, 2.24) is 10.2 Å². The fourth-order valence-electron chi connectivity index (χ4n) is 6.54. The third-order valence-corrected chi connectivity index (χ3v) is 8.93. The number of piperidine rings is 2. The fraction of sp³-hybridized carbons (Fsp3) is 0.481. The van der Waals surface area contributed by atoms with E-state index in [9.17, 15) is 14.0 Å². The van der Waals surface area contributed by atoms with Crippen LogP contribution in [0.2, 0.25) is 10.0 Å². The first kappa shape index (κ1) is 23.6. The monoisotopic (exact) mass is 502 g/mol. The molecule has 3 fully saturated rings. The Balaban J connectivity index is 1.39. The maximum Gasteiger partial charge on any atom is 0.233 e. The van der Waals surface area contributed by atoms with E-state index in [0.29, 0.717) is 36.1 Å². The Morgan fingerprint density at radius 3 is 2.32 bits per heavy atom. The highest BCUT2D eigenvalue weighted by atomic mass is 35.5. The van der Waals surface area contributed by atoms with Crippen molar-refractivity contribution in [3.63, 3.8) is 0 Å². The molecule has 7 heteroatoms. The molecule has 1 spiro atoms. The number of halogens is 3. The van der Waals surface area contributed by atoms with Crippen LogP contribution in [0.3, 0.4) is 0 Å². The third kappa shape index (κ3) is 4.11. The Morgan fingerprint density at radius 2 is 1.68 bits per heavy atom. The van der Waals surface area contributed by atoms with E-state index in [-0.39, 0.29) is 29.0 Å². The van der Waals surface area contributed by atoms with Crippen LogP contribution in [-0.4, -0.2) is 36.3 Å². The first-order valence-electron chi connectivity index (χ1n) is 12.1. The molecular formula is C27H29Cl2FN2O2. The van der Waals surface area contributed by atoms with E-state index < -0.39 is 5.41 Å². The molecular weight excluding hydrogens is 474 g/mol. The number of nitrogens with one attached hydrogen (secondary N) is 1. The fourth-order valence-corrected chi connectivity index (χ4v) is 7.13. The lowest BCUT2D eigenvalue weighted by Crippen LogP contribution is -2.55. The zero-order valence-corrected chi connectivity index (χ0v) is 20.6. The second-order valence-corrected chi connectivity index (χ2v) is 11.0. The third-order valence-electron chi connectivity index (χ3n) is 8.39. The second kappa shape index (κ2) is 9.16. The van der Waals surface area contributed by atoms with Gasteiger partial charge >= 0.3 is 0 Å². The van der Waals surface area contributed by atoms with E-state index in [0.717, 1.165) is 49.7 Å². The van der Waals surface area contributed by atoms with E-state index in [1.54, 1.807) is 6.07 Å². The van der Waals surface area contributed by atoms with E-state index in [4.69, 9.17) is 23.2 Å². The van der Waals surface area contributed by atoms with Crippen LogP contribution in [0.15, 0.2) is 42.5 Å². The molecule has 0 radical (unpaired) electrons. The maximum atomic E-state index is 14.0. The average molecular weight is 503 g/mol. The summed E-state index contributed by atoms with van der Waals surface area (Å²) in [5, 5.41) is 4.11. The van der Waals surface area contributed by atoms with Gasteiger partial charge in [0.2, 0.25) is 11.8 Å². The van der Waals surface area contributed by atoms with Gasteiger partial charge in [-0.1, -0.05) is 54.2 Å². The van der Waals surface area contributed by atoms with Gasteiger partial charge in [0.15, 0.2) is 0 Å². The van der Waals surface area contributed by atoms with Crippen LogP contribution in [-0.2, 0) is 15.0 Å². The molecule has 2 aliphatic heterocycles. The predicted octanol–water partition coefficient (Wildman–Crippen LogP) is 5.86. The summed E-state index contributed by atoms with van der Waals surface area (Å²) in [5.74, 6) is 0.0380. The van der Waals surface area contributed by atoms with Gasteiger partial charge in [-0.25, -0.2) is 4.39 Å². The molecule has 1 saturated carbocycles. The van der Waals surface area contributed by atoms with Gasteiger partial charge in [-0.3, -0.25) is 9.59 Å².